The number of carbonyl (C=O) groups excluding carboxylic acids is 3. The minimum absolute atomic E-state index is 0.182. The minimum atomic E-state index is -1.11. The van der Waals surface area contributed by atoms with Crippen LogP contribution in [0, 0.1) is 17.8 Å². The van der Waals surface area contributed by atoms with Crippen molar-refractivity contribution in [3.63, 3.8) is 0 Å². The Morgan fingerprint density at radius 2 is 1.40 bits per heavy atom. The maximum absolute atomic E-state index is 12.9. The van der Waals surface area contributed by atoms with Crippen LogP contribution in [0.3, 0.4) is 0 Å². The molecule has 0 saturated carbocycles. The van der Waals surface area contributed by atoms with Crippen molar-refractivity contribution in [2.24, 2.45) is 17.8 Å². The zero-order valence-corrected chi connectivity index (χ0v) is 19.0. The van der Waals surface area contributed by atoms with Crippen LogP contribution in [-0.4, -0.2) is 59.5 Å². The second-order valence-corrected chi connectivity index (χ2v) is 8.82. The average Bonchev–Trinajstić information content (AvgIpc) is 3.21. The fraction of sp³-hybridized carbons (Fsp3) is 0.810. The van der Waals surface area contributed by atoms with Gasteiger partial charge in [-0.25, -0.2) is 4.79 Å². The Labute approximate surface area is 179 Å². The fourth-order valence-corrected chi connectivity index (χ4v) is 3.40. The fourth-order valence-electron chi connectivity index (χ4n) is 3.40. The Kier molecular flexibility index (Phi) is 10.2. The lowest BCUT2D eigenvalue weighted by molar-refractivity contribution is -0.144. The first-order valence-electron chi connectivity index (χ1n) is 10.9. The molecule has 3 amide bonds. The van der Waals surface area contributed by atoms with E-state index in [1.807, 2.05) is 20.8 Å². The standard InChI is InChI=1S/C21H38N4O5/c1-7-13(6)17(21(29)30)25-20(28)16(12(4)5)24-19(27)15(11(2)3)23-18(26)14-9-8-10-22-14/h11-17,22H,7-10H2,1-6H3,(H,23,26)(H,24,27)(H,25,28)(H,29,30). The molecule has 0 bridgehead atoms. The predicted octanol–water partition coefficient (Wildman–Crippen LogP) is 0.636. The van der Waals surface area contributed by atoms with Crippen molar-refractivity contribution in [3.05, 3.63) is 0 Å². The van der Waals surface area contributed by atoms with Crippen LogP contribution in [0.5, 0.6) is 0 Å². The molecule has 5 unspecified atom stereocenters. The normalized spacial score (nSPS) is 20.3. The smallest absolute Gasteiger partial charge is 0.326 e. The van der Waals surface area contributed by atoms with E-state index < -0.39 is 35.9 Å². The third-order valence-electron chi connectivity index (χ3n) is 5.65. The van der Waals surface area contributed by atoms with E-state index in [-0.39, 0.29) is 29.7 Å². The molecule has 1 aliphatic rings. The van der Waals surface area contributed by atoms with Gasteiger partial charge in [-0.3, -0.25) is 14.4 Å². The van der Waals surface area contributed by atoms with Crippen molar-refractivity contribution >= 4 is 23.7 Å². The summed E-state index contributed by atoms with van der Waals surface area (Å²) in [5.41, 5.74) is 0. The molecule has 1 saturated heterocycles. The molecular weight excluding hydrogens is 388 g/mol. The van der Waals surface area contributed by atoms with Crippen molar-refractivity contribution in [2.75, 3.05) is 6.54 Å². The summed E-state index contributed by atoms with van der Waals surface area (Å²) in [6, 6.07) is -3.05. The second-order valence-electron chi connectivity index (χ2n) is 8.82. The van der Waals surface area contributed by atoms with Crippen molar-refractivity contribution in [1.82, 2.24) is 21.3 Å². The van der Waals surface area contributed by atoms with E-state index in [1.54, 1.807) is 20.8 Å². The molecule has 0 aromatic carbocycles. The summed E-state index contributed by atoms with van der Waals surface area (Å²) < 4.78 is 0. The van der Waals surface area contributed by atoms with Gasteiger partial charge < -0.3 is 26.4 Å². The summed E-state index contributed by atoms with van der Waals surface area (Å²) in [5.74, 6) is -3.04. The highest BCUT2D eigenvalue weighted by atomic mass is 16.4. The lowest BCUT2D eigenvalue weighted by Gasteiger charge is -2.29. The van der Waals surface area contributed by atoms with Crippen molar-refractivity contribution < 1.29 is 24.3 Å². The number of aliphatic carboxylic acids is 1. The Morgan fingerprint density at radius 1 is 0.900 bits per heavy atom. The van der Waals surface area contributed by atoms with E-state index in [1.165, 1.54) is 0 Å². The number of carbonyl (C=O) groups is 4. The number of hydrogen-bond acceptors (Lipinski definition) is 5. The molecule has 1 rings (SSSR count). The highest BCUT2D eigenvalue weighted by Gasteiger charge is 2.34. The highest BCUT2D eigenvalue weighted by Crippen LogP contribution is 2.12. The highest BCUT2D eigenvalue weighted by molar-refractivity contribution is 5.94. The number of rotatable bonds is 11. The van der Waals surface area contributed by atoms with Crippen LogP contribution in [-0.2, 0) is 19.2 Å². The molecule has 0 aromatic rings. The van der Waals surface area contributed by atoms with E-state index in [0.717, 1.165) is 19.4 Å². The Bertz CT molecular complexity index is 617. The third-order valence-corrected chi connectivity index (χ3v) is 5.65. The van der Waals surface area contributed by atoms with Crippen LogP contribution in [0.2, 0.25) is 0 Å². The number of carboxylic acids is 1. The molecule has 0 radical (unpaired) electrons. The minimum Gasteiger partial charge on any atom is -0.480 e. The molecule has 0 aliphatic carbocycles. The van der Waals surface area contributed by atoms with Gasteiger partial charge in [0, 0.05) is 0 Å². The van der Waals surface area contributed by atoms with Gasteiger partial charge >= 0.3 is 5.97 Å². The van der Waals surface area contributed by atoms with E-state index in [0.29, 0.717) is 6.42 Å². The van der Waals surface area contributed by atoms with E-state index in [9.17, 15) is 24.3 Å². The molecule has 5 N–H and O–H groups in total. The molecule has 1 aliphatic heterocycles. The zero-order valence-electron chi connectivity index (χ0n) is 19.0. The summed E-state index contributed by atoms with van der Waals surface area (Å²) in [5, 5.41) is 20.6. The van der Waals surface area contributed by atoms with Gasteiger partial charge in [0.1, 0.15) is 18.1 Å². The van der Waals surface area contributed by atoms with E-state index in [4.69, 9.17) is 0 Å². The van der Waals surface area contributed by atoms with Crippen LogP contribution in [0.4, 0.5) is 0 Å². The van der Waals surface area contributed by atoms with Crippen molar-refractivity contribution in [3.8, 4) is 0 Å². The zero-order chi connectivity index (χ0) is 23.0. The quantitative estimate of drug-likeness (QED) is 0.329. The van der Waals surface area contributed by atoms with E-state index >= 15 is 0 Å². The van der Waals surface area contributed by atoms with Crippen LogP contribution >= 0.6 is 0 Å². The Hall–Kier alpha value is -2.16. The summed E-state index contributed by atoms with van der Waals surface area (Å²) in [6.45, 7) is 11.6. The summed E-state index contributed by atoms with van der Waals surface area (Å²) >= 11 is 0. The van der Waals surface area contributed by atoms with Crippen LogP contribution < -0.4 is 21.3 Å². The van der Waals surface area contributed by atoms with Crippen LogP contribution in [0.15, 0.2) is 0 Å². The number of carboxylic acid groups (broad SMARTS) is 1. The Balaban J connectivity index is 2.87. The molecule has 0 spiro atoms. The number of hydrogen-bond donors (Lipinski definition) is 5. The monoisotopic (exact) mass is 426 g/mol. The molecule has 1 heterocycles. The average molecular weight is 427 g/mol. The lowest BCUT2D eigenvalue weighted by Crippen LogP contribution is -2.60. The second kappa shape index (κ2) is 11.9. The van der Waals surface area contributed by atoms with Gasteiger partial charge in [-0.2, -0.15) is 0 Å². The van der Waals surface area contributed by atoms with Crippen molar-refractivity contribution in [1.29, 1.82) is 0 Å². The molecule has 5 atom stereocenters. The van der Waals surface area contributed by atoms with Gasteiger partial charge in [-0.1, -0.05) is 48.0 Å². The van der Waals surface area contributed by atoms with Gasteiger partial charge in [0.25, 0.3) is 0 Å². The van der Waals surface area contributed by atoms with Crippen molar-refractivity contribution in [2.45, 2.75) is 85.0 Å². The summed E-state index contributed by atoms with van der Waals surface area (Å²) in [7, 11) is 0. The largest absolute Gasteiger partial charge is 0.480 e. The predicted molar refractivity (Wildman–Crippen MR) is 114 cm³/mol. The molecular formula is C21H38N4O5. The topological polar surface area (TPSA) is 137 Å². The Morgan fingerprint density at radius 3 is 1.80 bits per heavy atom. The van der Waals surface area contributed by atoms with Gasteiger partial charge in [0.05, 0.1) is 6.04 Å². The first-order chi connectivity index (χ1) is 14.0. The molecule has 9 nitrogen and oxygen atoms in total. The lowest BCUT2D eigenvalue weighted by atomic mass is 9.96. The molecule has 172 valence electrons. The maximum atomic E-state index is 12.9. The first kappa shape index (κ1) is 25.9. The summed E-state index contributed by atoms with van der Waals surface area (Å²) in [6.07, 6.45) is 2.22. The number of nitrogens with one attached hydrogen (secondary N) is 4. The summed E-state index contributed by atoms with van der Waals surface area (Å²) in [4.78, 5) is 49.7. The molecule has 1 fully saturated rings. The van der Waals surface area contributed by atoms with E-state index in [2.05, 4.69) is 21.3 Å². The van der Waals surface area contributed by atoms with Gasteiger partial charge in [0.15, 0.2) is 0 Å². The third kappa shape index (κ3) is 7.27. The van der Waals surface area contributed by atoms with Gasteiger partial charge in [0.2, 0.25) is 17.7 Å². The van der Waals surface area contributed by atoms with Gasteiger partial charge in [-0.15, -0.1) is 0 Å². The molecule has 30 heavy (non-hydrogen) atoms. The SMILES string of the molecule is CCC(C)C(NC(=O)C(NC(=O)C(NC(=O)C1CCCN1)C(C)C)C(C)C)C(=O)O. The number of amides is 3. The van der Waals surface area contributed by atoms with Crippen LogP contribution in [0.25, 0.3) is 0 Å². The van der Waals surface area contributed by atoms with Gasteiger partial charge in [-0.05, 0) is 37.1 Å². The molecule has 0 aromatic heterocycles. The first-order valence-corrected chi connectivity index (χ1v) is 10.9. The molecule has 9 heteroatoms. The maximum Gasteiger partial charge on any atom is 0.326 e. The van der Waals surface area contributed by atoms with Crippen LogP contribution in [0.1, 0.15) is 60.8 Å².